The molecule has 1 N–H and O–H groups in total. The number of hydrogen-bond donors (Lipinski definition) is 1. The Morgan fingerprint density at radius 1 is 1.38 bits per heavy atom. The minimum Gasteiger partial charge on any atom is -0.452 e. The van der Waals surface area contributed by atoms with Gasteiger partial charge in [0.1, 0.15) is 0 Å². The van der Waals surface area contributed by atoms with Gasteiger partial charge in [-0.3, -0.25) is 14.9 Å². The number of benzene rings is 1. The highest BCUT2D eigenvalue weighted by Gasteiger charge is 2.19. The fraction of sp³-hybridized carbons (Fsp3) is 0.385. The number of nitrogens with zero attached hydrogens (tertiary/aromatic N) is 1. The second kappa shape index (κ2) is 6.53. The van der Waals surface area contributed by atoms with Crippen LogP contribution in [0.25, 0.3) is 0 Å². The summed E-state index contributed by atoms with van der Waals surface area (Å²) in [7, 11) is 0. The van der Waals surface area contributed by atoms with Crippen molar-refractivity contribution in [1.29, 1.82) is 0 Å². The molecule has 1 rings (SSSR count). The Kier molecular flexibility index (Phi) is 5.26. The number of rotatable bonds is 4. The average Bonchev–Trinajstić information content (AvgIpc) is 2.33. The number of nitrogens with one attached hydrogen (secondary N) is 1. The van der Waals surface area contributed by atoms with Crippen molar-refractivity contribution in [2.75, 3.05) is 6.61 Å². The van der Waals surface area contributed by atoms with Crippen LogP contribution in [0.1, 0.15) is 31.1 Å². The van der Waals surface area contributed by atoms with Gasteiger partial charge in [-0.05, 0) is 26.8 Å². The highest BCUT2D eigenvalue weighted by molar-refractivity contribution is 6.33. The predicted octanol–water partition coefficient (Wildman–Crippen LogP) is 2.32. The second-order valence-electron chi connectivity index (χ2n) is 5.30. The largest absolute Gasteiger partial charge is 0.452 e. The van der Waals surface area contributed by atoms with E-state index in [2.05, 4.69) is 5.32 Å². The van der Waals surface area contributed by atoms with Crippen molar-refractivity contribution in [3.63, 3.8) is 0 Å². The van der Waals surface area contributed by atoms with Crippen molar-refractivity contribution < 1.29 is 19.2 Å². The maximum absolute atomic E-state index is 11.8. The van der Waals surface area contributed by atoms with Crippen LogP contribution in [-0.2, 0) is 9.53 Å². The monoisotopic (exact) mass is 314 g/mol. The second-order valence-corrected chi connectivity index (χ2v) is 5.70. The molecule has 0 bridgehead atoms. The maximum atomic E-state index is 11.8. The van der Waals surface area contributed by atoms with E-state index in [4.69, 9.17) is 16.3 Å². The summed E-state index contributed by atoms with van der Waals surface area (Å²) in [6.45, 7) is 4.92. The lowest BCUT2D eigenvalue weighted by atomic mass is 10.1. The number of carbonyl (C=O) groups is 2. The van der Waals surface area contributed by atoms with E-state index in [9.17, 15) is 19.7 Å². The first kappa shape index (κ1) is 16.9. The van der Waals surface area contributed by atoms with Crippen LogP contribution in [0.2, 0.25) is 5.02 Å². The van der Waals surface area contributed by atoms with Gasteiger partial charge in [0.2, 0.25) is 0 Å². The van der Waals surface area contributed by atoms with E-state index in [1.165, 1.54) is 6.07 Å². The van der Waals surface area contributed by atoms with Gasteiger partial charge in [-0.1, -0.05) is 11.6 Å². The molecule has 0 saturated carbocycles. The summed E-state index contributed by atoms with van der Waals surface area (Å²) in [5.41, 5.74) is -0.707. The van der Waals surface area contributed by atoms with Crippen LogP contribution >= 0.6 is 11.6 Å². The van der Waals surface area contributed by atoms with Gasteiger partial charge in [-0.2, -0.15) is 0 Å². The zero-order valence-electron chi connectivity index (χ0n) is 11.8. The van der Waals surface area contributed by atoms with Crippen LogP contribution < -0.4 is 5.32 Å². The van der Waals surface area contributed by atoms with Gasteiger partial charge in [-0.15, -0.1) is 0 Å². The molecule has 0 aliphatic rings. The van der Waals surface area contributed by atoms with E-state index >= 15 is 0 Å². The molecule has 1 aromatic rings. The minimum absolute atomic E-state index is 0.0363. The number of nitro groups is 1. The molecule has 8 heteroatoms. The van der Waals surface area contributed by atoms with Gasteiger partial charge in [-0.25, -0.2) is 4.79 Å². The molecule has 7 nitrogen and oxygen atoms in total. The van der Waals surface area contributed by atoms with E-state index < -0.39 is 28.9 Å². The third-order valence-corrected chi connectivity index (χ3v) is 2.54. The lowest BCUT2D eigenvalue weighted by Crippen LogP contribution is -2.42. The molecule has 21 heavy (non-hydrogen) atoms. The molecule has 0 radical (unpaired) electrons. The highest BCUT2D eigenvalue weighted by Crippen LogP contribution is 2.23. The summed E-state index contributed by atoms with van der Waals surface area (Å²) < 4.78 is 4.81. The molecule has 1 aromatic carbocycles. The molecule has 0 aliphatic heterocycles. The van der Waals surface area contributed by atoms with E-state index in [0.29, 0.717) is 0 Å². The van der Waals surface area contributed by atoms with Crippen molar-refractivity contribution in [2.24, 2.45) is 0 Å². The molecule has 1 amide bonds. The Hall–Kier alpha value is -2.15. The predicted molar refractivity (Wildman–Crippen MR) is 76.3 cm³/mol. The number of nitro benzene ring substituents is 1. The topological polar surface area (TPSA) is 98.5 Å². The van der Waals surface area contributed by atoms with Crippen LogP contribution in [0.5, 0.6) is 0 Å². The van der Waals surface area contributed by atoms with Crippen molar-refractivity contribution in [3.05, 3.63) is 38.9 Å². The number of esters is 1. The standard InChI is InChI=1S/C13H15ClN2O5/c1-13(2,3)15-11(17)7-21-12(18)9-5-4-8(16(19)20)6-10(9)14/h4-6H,7H2,1-3H3,(H,15,17). The fourth-order valence-corrected chi connectivity index (χ4v) is 1.70. The summed E-state index contributed by atoms with van der Waals surface area (Å²) in [6, 6.07) is 3.37. The Balaban J connectivity index is 2.68. The SMILES string of the molecule is CC(C)(C)NC(=O)COC(=O)c1ccc([N+](=O)[O-])cc1Cl. The lowest BCUT2D eigenvalue weighted by Gasteiger charge is -2.20. The summed E-state index contributed by atoms with van der Waals surface area (Å²) >= 11 is 5.78. The highest BCUT2D eigenvalue weighted by atomic mass is 35.5. The minimum atomic E-state index is -0.820. The van der Waals surface area contributed by atoms with Crippen molar-refractivity contribution in [2.45, 2.75) is 26.3 Å². The van der Waals surface area contributed by atoms with E-state index in [0.717, 1.165) is 12.1 Å². The van der Waals surface area contributed by atoms with Gasteiger partial charge in [0, 0.05) is 17.7 Å². The Morgan fingerprint density at radius 2 is 2.00 bits per heavy atom. The Morgan fingerprint density at radius 3 is 2.48 bits per heavy atom. The van der Waals surface area contributed by atoms with Gasteiger partial charge in [0.15, 0.2) is 6.61 Å². The third kappa shape index (κ3) is 5.39. The Labute approximate surface area is 126 Å². The molecule has 0 aromatic heterocycles. The smallest absolute Gasteiger partial charge is 0.340 e. The van der Waals surface area contributed by atoms with Crippen molar-refractivity contribution >= 4 is 29.2 Å². The molecule has 0 fully saturated rings. The van der Waals surface area contributed by atoms with Crippen LogP contribution in [0.4, 0.5) is 5.69 Å². The third-order valence-electron chi connectivity index (χ3n) is 2.23. The molecule has 0 heterocycles. The van der Waals surface area contributed by atoms with E-state index in [-0.39, 0.29) is 16.3 Å². The number of non-ortho nitro benzene ring substituents is 1. The molecule has 114 valence electrons. The molecule has 0 atom stereocenters. The van der Waals surface area contributed by atoms with Crippen molar-refractivity contribution in [3.8, 4) is 0 Å². The van der Waals surface area contributed by atoms with Gasteiger partial charge in [0.25, 0.3) is 11.6 Å². The normalized spacial score (nSPS) is 10.9. The summed E-state index contributed by atoms with van der Waals surface area (Å²) in [5, 5.41) is 13.1. The molecule has 0 aliphatic carbocycles. The number of amides is 1. The van der Waals surface area contributed by atoms with Crippen LogP contribution in [0, 0.1) is 10.1 Å². The van der Waals surface area contributed by atoms with Gasteiger partial charge >= 0.3 is 5.97 Å². The number of ether oxygens (including phenoxy) is 1. The van der Waals surface area contributed by atoms with Crippen LogP contribution in [-0.4, -0.2) is 28.9 Å². The molecule has 0 unspecified atom stereocenters. The molecular formula is C13H15ClN2O5. The summed E-state index contributed by atoms with van der Waals surface area (Å²) in [6.07, 6.45) is 0. The first-order valence-electron chi connectivity index (χ1n) is 6.02. The summed E-state index contributed by atoms with van der Waals surface area (Å²) in [4.78, 5) is 33.2. The zero-order valence-corrected chi connectivity index (χ0v) is 12.6. The zero-order chi connectivity index (χ0) is 16.2. The molecule has 0 saturated heterocycles. The maximum Gasteiger partial charge on any atom is 0.340 e. The number of halogens is 1. The van der Waals surface area contributed by atoms with Gasteiger partial charge < -0.3 is 10.1 Å². The van der Waals surface area contributed by atoms with Crippen LogP contribution in [0.3, 0.4) is 0 Å². The van der Waals surface area contributed by atoms with E-state index in [1.807, 2.05) is 0 Å². The average molecular weight is 315 g/mol. The lowest BCUT2D eigenvalue weighted by molar-refractivity contribution is -0.384. The Bertz CT molecular complexity index is 580. The first-order chi connectivity index (χ1) is 9.60. The summed E-state index contributed by atoms with van der Waals surface area (Å²) in [5.74, 6) is -1.27. The number of carbonyl (C=O) groups excluding carboxylic acids is 2. The van der Waals surface area contributed by atoms with Crippen molar-refractivity contribution in [1.82, 2.24) is 5.32 Å². The molecule has 0 spiro atoms. The fourth-order valence-electron chi connectivity index (χ4n) is 1.45. The quantitative estimate of drug-likeness (QED) is 0.522. The number of hydrogen-bond acceptors (Lipinski definition) is 5. The van der Waals surface area contributed by atoms with Gasteiger partial charge in [0.05, 0.1) is 15.5 Å². The first-order valence-corrected chi connectivity index (χ1v) is 6.40. The molecular weight excluding hydrogens is 300 g/mol. The van der Waals surface area contributed by atoms with Crippen LogP contribution in [0.15, 0.2) is 18.2 Å². The van der Waals surface area contributed by atoms with E-state index in [1.54, 1.807) is 20.8 Å².